The number of carboxylic acids is 2. The molecule has 4 aromatic carbocycles. The SMILES string of the molecule is FC(F)(F)c1cc([B-](c2cc(C(F)(F)F)cc(C(F)(F)F)c2)(c2cc(C(F)(F)F)cc(C(F)(F)F)c2)c2cc(C(F)(F)F)cc(C(F)(F)F)c2)cc(C(F)(F)F)c1.O=C(O)Cc1ccc([I+]c2ccc(CC(=O)O)o2)o1. The van der Waals surface area contributed by atoms with Gasteiger partial charge in [-0.1, -0.05) is 48.5 Å². The average molecular weight is 1240 g/mol. The first-order chi connectivity index (χ1) is 34.3. The molecule has 0 atom stereocenters. The molecule has 6 nitrogen and oxygen atoms in total. The molecule has 76 heavy (non-hydrogen) atoms. The molecule has 0 amide bonds. The van der Waals surface area contributed by atoms with Crippen LogP contribution in [0.1, 0.15) is 56.0 Å². The second-order valence-electron chi connectivity index (χ2n) is 15.9. The molecule has 0 aliphatic heterocycles. The van der Waals surface area contributed by atoms with E-state index >= 15 is 0 Å². The van der Waals surface area contributed by atoms with E-state index in [1.807, 2.05) is 0 Å². The summed E-state index contributed by atoms with van der Waals surface area (Å²) in [5.41, 5.74) is -30.2. The van der Waals surface area contributed by atoms with Crippen LogP contribution in [0, 0.1) is 7.53 Å². The van der Waals surface area contributed by atoms with Gasteiger partial charge in [-0.05, 0) is 36.4 Å². The summed E-state index contributed by atoms with van der Waals surface area (Å²) >= 11 is -0.701. The highest BCUT2D eigenvalue weighted by molar-refractivity contribution is 7.20. The van der Waals surface area contributed by atoms with Crippen molar-refractivity contribution in [1.29, 1.82) is 0 Å². The summed E-state index contributed by atoms with van der Waals surface area (Å²) in [6.07, 6.45) is -55.1. The van der Waals surface area contributed by atoms with Crippen LogP contribution in [0.25, 0.3) is 0 Å². The van der Waals surface area contributed by atoms with Gasteiger partial charge in [0.25, 0.3) is 0 Å². The molecular weight excluding hydrogens is 1220 g/mol. The number of furan rings is 2. The molecule has 32 heteroatoms. The molecule has 0 aliphatic carbocycles. The number of rotatable bonds is 10. The summed E-state index contributed by atoms with van der Waals surface area (Å²) in [6.45, 7) is 0. The van der Waals surface area contributed by atoms with E-state index in [-0.39, 0.29) is 12.8 Å². The van der Waals surface area contributed by atoms with Gasteiger partial charge >= 0.3 is 90.1 Å². The zero-order chi connectivity index (χ0) is 57.7. The Balaban J connectivity index is 0.000000468. The fourth-order valence-corrected chi connectivity index (χ4v) is 9.48. The summed E-state index contributed by atoms with van der Waals surface area (Å²) in [7, 11) is 0. The Morgan fingerprint density at radius 2 is 0.526 bits per heavy atom. The van der Waals surface area contributed by atoms with E-state index in [0.29, 0.717) is 19.1 Å². The number of carbonyl (C=O) groups is 2. The van der Waals surface area contributed by atoms with Crippen LogP contribution in [-0.4, -0.2) is 28.3 Å². The predicted molar refractivity (Wildman–Crippen MR) is 208 cm³/mol. The van der Waals surface area contributed by atoms with Crippen LogP contribution in [0.15, 0.2) is 106 Å². The van der Waals surface area contributed by atoms with Crippen LogP contribution in [0.5, 0.6) is 0 Å². The molecule has 0 radical (unpaired) electrons. The normalized spacial score (nSPS) is 13.4. The maximum absolute atomic E-state index is 14.2. The standard InChI is InChI=1S/C32H12BF24.C12H9IO6/c34-25(35,36)13-1-14(26(37,38)39)6-21(5-13)33(22-7-15(27(40,41)42)2-16(8-22)28(43,44)45,23-9-17(29(46,47)48)3-18(10-23)30(49,50)51)24-11-19(31(52,53)54)4-20(12-24)32(55,56)57;14-11(15)5-7-1-3-9(18-7)13-10-4-2-8(19-10)6-12(16)17/h1-12H;1-4H,5-6H2,(H-,14,15,16,17)/q-1;/p+1. The van der Waals surface area contributed by atoms with Crippen molar-refractivity contribution in [3.63, 3.8) is 0 Å². The fourth-order valence-electron chi connectivity index (χ4n) is 7.46. The van der Waals surface area contributed by atoms with Gasteiger partial charge in [0.15, 0.2) is 0 Å². The zero-order valence-corrected chi connectivity index (χ0v) is 38.4. The molecule has 412 valence electrons. The van der Waals surface area contributed by atoms with E-state index in [4.69, 9.17) is 19.0 Å². The van der Waals surface area contributed by atoms with Crippen LogP contribution < -0.4 is 43.1 Å². The number of aliphatic carboxylic acids is 2. The Hall–Kier alpha value is -6.51. The molecule has 0 unspecified atom stereocenters. The van der Waals surface area contributed by atoms with Gasteiger partial charge in [0.1, 0.15) is 30.5 Å². The largest absolute Gasteiger partial charge is 0.481 e. The maximum atomic E-state index is 14.2. The lowest BCUT2D eigenvalue weighted by molar-refractivity contribution is -0.636. The van der Waals surface area contributed by atoms with Gasteiger partial charge in [-0.2, -0.15) is 127 Å². The van der Waals surface area contributed by atoms with Crippen LogP contribution in [-0.2, 0) is 71.8 Å². The Labute approximate surface area is 417 Å². The van der Waals surface area contributed by atoms with Crippen LogP contribution in [0.3, 0.4) is 0 Å². The number of halogens is 25. The highest BCUT2D eigenvalue weighted by atomic mass is 127. The van der Waals surface area contributed by atoms with E-state index in [2.05, 4.69) is 0 Å². The van der Waals surface area contributed by atoms with E-state index in [1.165, 1.54) is 0 Å². The van der Waals surface area contributed by atoms with Crippen molar-refractivity contribution in [2.45, 2.75) is 62.3 Å². The quantitative estimate of drug-likeness (QED) is 0.0806. The summed E-state index contributed by atoms with van der Waals surface area (Å²) in [5.74, 6) is -1.08. The summed E-state index contributed by atoms with van der Waals surface area (Å²) in [5, 5.41) is 17.3. The van der Waals surface area contributed by atoms with E-state index < -0.39 is 228 Å². The number of hydrogen-bond donors (Lipinski definition) is 2. The molecule has 0 saturated heterocycles. The number of hydrogen-bond acceptors (Lipinski definition) is 4. The van der Waals surface area contributed by atoms with Crippen molar-refractivity contribution in [2.75, 3.05) is 0 Å². The predicted octanol–water partition coefficient (Wildman–Crippen LogP) is 9.47. The number of alkyl halides is 24. The molecular formula is C44H22BF24IO6. The topological polar surface area (TPSA) is 101 Å². The third kappa shape index (κ3) is 14.5. The van der Waals surface area contributed by atoms with E-state index in [9.17, 15) is 115 Å². The van der Waals surface area contributed by atoms with E-state index in [1.54, 1.807) is 24.3 Å². The van der Waals surface area contributed by atoms with Gasteiger partial charge in [-0.25, -0.2) is 0 Å². The van der Waals surface area contributed by atoms with Gasteiger partial charge < -0.3 is 19.0 Å². The van der Waals surface area contributed by atoms with Crippen molar-refractivity contribution < 1.29 is 155 Å². The monoisotopic (exact) mass is 1240 g/mol. The lowest BCUT2D eigenvalue weighted by Gasteiger charge is -2.46. The second kappa shape index (κ2) is 20.8. The first-order valence-corrected chi connectivity index (χ1v) is 22.1. The molecule has 6 aromatic rings. The summed E-state index contributed by atoms with van der Waals surface area (Å²) in [4.78, 5) is 21.0. The van der Waals surface area contributed by atoms with Gasteiger partial charge in [0.05, 0.1) is 44.5 Å². The maximum Gasteiger partial charge on any atom is 0.442 e. The molecule has 2 heterocycles. The molecule has 0 bridgehead atoms. The Kier molecular flexibility index (Phi) is 16.5. The van der Waals surface area contributed by atoms with Crippen molar-refractivity contribution in [3.8, 4) is 0 Å². The second-order valence-corrected chi connectivity index (χ2v) is 18.5. The van der Waals surface area contributed by atoms with Crippen molar-refractivity contribution >= 4 is 39.9 Å². The Morgan fingerprint density at radius 3 is 0.684 bits per heavy atom. The number of carboxylic acid groups (broad SMARTS) is 2. The highest BCUT2D eigenvalue weighted by Crippen LogP contribution is 2.41. The number of benzene rings is 4. The minimum absolute atomic E-state index is 0.147. The van der Waals surface area contributed by atoms with Gasteiger partial charge in [0.2, 0.25) is 0 Å². The van der Waals surface area contributed by atoms with Crippen molar-refractivity contribution in [3.05, 3.63) is 161 Å². The lowest BCUT2D eigenvalue weighted by Crippen LogP contribution is -3.61. The van der Waals surface area contributed by atoms with Crippen LogP contribution >= 0.6 is 0 Å². The molecule has 0 saturated carbocycles. The molecule has 0 aliphatic rings. The molecule has 2 aromatic heterocycles. The van der Waals surface area contributed by atoms with Crippen LogP contribution in [0.2, 0.25) is 0 Å². The minimum Gasteiger partial charge on any atom is -0.481 e. The molecule has 6 rings (SSSR count). The van der Waals surface area contributed by atoms with Gasteiger partial charge in [0, 0.05) is 12.1 Å². The van der Waals surface area contributed by atoms with E-state index in [0.717, 1.165) is 0 Å². The fraction of sp³-hybridized carbons (Fsp3) is 0.227. The zero-order valence-electron chi connectivity index (χ0n) is 36.2. The van der Waals surface area contributed by atoms with Crippen molar-refractivity contribution in [1.82, 2.24) is 0 Å². The average Bonchev–Trinajstić information content (AvgIpc) is 3.89. The molecule has 0 spiro atoms. The van der Waals surface area contributed by atoms with Crippen molar-refractivity contribution in [2.24, 2.45) is 0 Å². The summed E-state index contributed by atoms with van der Waals surface area (Å²) in [6, 6.07) is -2.10. The Bertz CT molecular complexity index is 2610. The Morgan fingerprint density at radius 1 is 0.342 bits per heavy atom. The minimum atomic E-state index is -6.13. The molecule has 0 fully saturated rings. The first kappa shape index (κ1) is 60.4. The highest BCUT2D eigenvalue weighted by Gasteiger charge is 2.47. The molecule has 2 N–H and O–H groups in total. The first-order valence-electron chi connectivity index (χ1n) is 19.9. The van der Waals surface area contributed by atoms with Crippen LogP contribution in [0.4, 0.5) is 105 Å². The van der Waals surface area contributed by atoms with Gasteiger partial charge in [-0.3, -0.25) is 9.59 Å². The third-order valence-corrected chi connectivity index (χ3v) is 12.8. The lowest BCUT2D eigenvalue weighted by atomic mass is 9.12. The third-order valence-electron chi connectivity index (χ3n) is 10.5. The smallest absolute Gasteiger partial charge is 0.442 e. The van der Waals surface area contributed by atoms with Gasteiger partial charge in [-0.15, -0.1) is 0 Å². The summed E-state index contributed by atoms with van der Waals surface area (Å²) < 4.78 is 353.